The topological polar surface area (TPSA) is 68.3 Å². The van der Waals surface area contributed by atoms with Crippen LogP contribution in [-0.4, -0.2) is 18.5 Å². The van der Waals surface area contributed by atoms with Gasteiger partial charge in [-0.25, -0.2) is 0 Å². The molecule has 4 heteroatoms. The molecule has 0 saturated heterocycles. The zero-order chi connectivity index (χ0) is 13.3. The Kier molecular flexibility index (Phi) is 3.76. The van der Waals surface area contributed by atoms with Gasteiger partial charge in [-0.2, -0.15) is 0 Å². The number of carbonyl (C=O) groups excluding carboxylic acids is 1. The largest absolute Gasteiger partial charge is 0.466 e. The molecule has 1 fully saturated rings. The molecule has 1 aromatic rings. The first-order valence-electron chi connectivity index (χ1n) is 6.61. The molecule has 2 atom stereocenters. The zero-order valence-electron chi connectivity index (χ0n) is 11.4. The molecule has 1 saturated carbocycles. The minimum absolute atomic E-state index is 0.0408. The summed E-state index contributed by atoms with van der Waals surface area (Å²) >= 11 is 0. The summed E-state index contributed by atoms with van der Waals surface area (Å²) in [5.74, 6) is 1.89. The Labute approximate surface area is 108 Å². The molecule has 0 radical (unpaired) electrons. The third-order valence-corrected chi connectivity index (χ3v) is 4.03. The summed E-state index contributed by atoms with van der Waals surface area (Å²) in [5.41, 5.74) is 7.61. The van der Waals surface area contributed by atoms with Crippen molar-refractivity contribution in [1.29, 1.82) is 0 Å². The molecule has 18 heavy (non-hydrogen) atoms. The van der Waals surface area contributed by atoms with Crippen molar-refractivity contribution in [3.63, 3.8) is 0 Å². The van der Waals surface area contributed by atoms with Crippen molar-refractivity contribution in [2.24, 2.45) is 11.7 Å². The van der Waals surface area contributed by atoms with Gasteiger partial charge < -0.3 is 15.5 Å². The van der Waals surface area contributed by atoms with Crippen LogP contribution in [-0.2, 0) is 0 Å². The van der Waals surface area contributed by atoms with Crippen molar-refractivity contribution in [3.8, 4) is 0 Å². The highest BCUT2D eigenvalue weighted by Crippen LogP contribution is 2.24. The summed E-state index contributed by atoms with van der Waals surface area (Å²) in [7, 11) is 0. The minimum atomic E-state index is -0.0408. The number of nitrogens with one attached hydrogen (secondary N) is 1. The van der Waals surface area contributed by atoms with Crippen LogP contribution >= 0.6 is 0 Å². The third-order valence-electron chi connectivity index (χ3n) is 4.03. The minimum Gasteiger partial charge on any atom is -0.466 e. The summed E-state index contributed by atoms with van der Waals surface area (Å²) < 4.78 is 5.47. The SMILES string of the molecule is Cc1oc(C)c(C(=O)NCC2CCCC2N)c1C. The molecule has 0 spiro atoms. The van der Waals surface area contributed by atoms with Crippen LogP contribution in [0.4, 0.5) is 0 Å². The summed E-state index contributed by atoms with van der Waals surface area (Å²) in [5, 5.41) is 2.99. The fraction of sp³-hybridized carbons (Fsp3) is 0.643. The first-order valence-corrected chi connectivity index (χ1v) is 6.61. The van der Waals surface area contributed by atoms with Gasteiger partial charge in [0, 0.05) is 18.2 Å². The van der Waals surface area contributed by atoms with Gasteiger partial charge in [-0.3, -0.25) is 4.79 Å². The maximum absolute atomic E-state index is 12.2. The van der Waals surface area contributed by atoms with Crippen LogP contribution < -0.4 is 11.1 Å². The number of aryl methyl sites for hydroxylation is 2. The highest BCUT2D eigenvalue weighted by molar-refractivity contribution is 5.96. The number of hydrogen-bond acceptors (Lipinski definition) is 3. The molecular formula is C14H22N2O2. The maximum atomic E-state index is 12.2. The van der Waals surface area contributed by atoms with Crippen LogP contribution in [0.3, 0.4) is 0 Å². The molecule has 1 heterocycles. The van der Waals surface area contributed by atoms with Gasteiger partial charge in [-0.15, -0.1) is 0 Å². The average molecular weight is 250 g/mol. The van der Waals surface area contributed by atoms with Gasteiger partial charge in [-0.05, 0) is 39.5 Å². The van der Waals surface area contributed by atoms with Crippen molar-refractivity contribution in [2.45, 2.75) is 46.1 Å². The van der Waals surface area contributed by atoms with Crippen molar-refractivity contribution in [2.75, 3.05) is 6.54 Å². The molecule has 0 aliphatic heterocycles. The third kappa shape index (κ3) is 2.43. The fourth-order valence-corrected chi connectivity index (χ4v) is 2.76. The van der Waals surface area contributed by atoms with Crippen molar-refractivity contribution >= 4 is 5.91 Å². The number of rotatable bonds is 3. The molecule has 0 aromatic carbocycles. The van der Waals surface area contributed by atoms with Crippen LogP contribution in [0.1, 0.15) is 46.7 Å². The fourth-order valence-electron chi connectivity index (χ4n) is 2.76. The smallest absolute Gasteiger partial charge is 0.255 e. The normalized spacial score (nSPS) is 23.3. The van der Waals surface area contributed by atoms with Gasteiger partial charge in [0.05, 0.1) is 5.56 Å². The van der Waals surface area contributed by atoms with Crippen molar-refractivity contribution in [3.05, 3.63) is 22.6 Å². The van der Waals surface area contributed by atoms with Crippen LogP contribution in [0.15, 0.2) is 4.42 Å². The Balaban J connectivity index is 1.99. The van der Waals surface area contributed by atoms with E-state index >= 15 is 0 Å². The number of furan rings is 1. The molecule has 1 aliphatic rings. The summed E-state index contributed by atoms with van der Waals surface area (Å²) in [6.45, 7) is 6.30. The number of nitrogens with two attached hydrogens (primary N) is 1. The van der Waals surface area contributed by atoms with Crippen LogP contribution in [0.5, 0.6) is 0 Å². The predicted molar refractivity (Wildman–Crippen MR) is 70.6 cm³/mol. The van der Waals surface area contributed by atoms with Gasteiger partial charge in [0.1, 0.15) is 11.5 Å². The molecule has 1 aliphatic carbocycles. The first-order chi connectivity index (χ1) is 8.50. The van der Waals surface area contributed by atoms with Crippen LogP contribution in [0, 0.1) is 26.7 Å². The molecule has 2 rings (SSSR count). The van der Waals surface area contributed by atoms with Gasteiger partial charge in [0.15, 0.2) is 0 Å². The molecular weight excluding hydrogens is 228 g/mol. The second kappa shape index (κ2) is 5.14. The van der Waals surface area contributed by atoms with E-state index in [0.717, 1.165) is 24.2 Å². The van der Waals surface area contributed by atoms with Gasteiger partial charge in [0.2, 0.25) is 0 Å². The Bertz CT molecular complexity index is 451. The predicted octanol–water partition coefficient (Wildman–Crippen LogP) is 2.06. The number of amides is 1. The lowest BCUT2D eigenvalue weighted by molar-refractivity contribution is 0.0944. The molecule has 2 unspecified atom stereocenters. The van der Waals surface area contributed by atoms with E-state index in [1.165, 1.54) is 6.42 Å². The maximum Gasteiger partial charge on any atom is 0.255 e. The lowest BCUT2D eigenvalue weighted by Gasteiger charge is -2.15. The van der Waals surface area contributed by atoms with E-state index in [2.05, 4.69) is 5.32 Å². The summed E-state index contributed by atoms with van der Waals surface area (Å²) in [6, 6.07) is 0.235. The van der Waals surface area contributed by atoms with Crippen LogP contribution in [0.25, 0.3) is 0 Å². The van der Waals surface area contributed by atoms with E-state index in [1.54, 1.807) is 0 Å². The molecule has 100 valence electrons. The van der Waals surface area contributed by atoms with E-state index in [1.807, 2.05) is 20.8 Å². The van der Waals surface area contributed by atoms with Crippen LogP contribution in [0.2, 0.25) is 0 Å². The Morgan fingerprint density at radius 3 is 2.56 bits per heavy atom. The first kappa shape index (κ1) is 13.1. The Morgan fingerprint density at radius 1 is 1.33 bits per heavy atom. The standard InChI is InChI=1S/C14H22N2O2/c1-8-9(2)18-10(3)13(8)14(17)16-7-11-5-4-6-12(11)15/h11-12H,4-7,15H2,1-3H3,(H,16,17). The summed E-state index contributed by atoms with van der Waals surface area (Å²) in [6.07, 6.45) is 3.36. The second-order valence-electron chi connectivity index (χ2n) is 5.28. The van der Waals surface area contributed by atoms with E-state index in [4.69, 9.17) is 10.2 Å². The van der Waals surface area contributed by atoms with E-state index in [9.17, 15) is 4.79 Å². The van der Waals surface area contributed by atoms with E-state index in [0.29, 0.717) is 23.8 Å². The quantitative estimate of drug-likeness (QED) is 0.862. The lowest BCUT2D eigenvalue weighted by atomic mass is 10.0. The molecule has 1 aromatic heterocycles. The van der Waals surface area contributed by atoms with E-state index in [-0.39, 0.29) is 11.9 Å². The lowest BCUT2D eigenvalue weighted by Crippen LogP contribution is -2.36. The molecule has 1 amide bonds. The average Bonchev–Trinajstić information content (AvgIpc) is 2.81. The van der Waals surface area contributed by atoms with Gasteiger partial charge in [-0.1, -0.05) is 6.42 Å². The molecule has 3 N–H and O–H groups in total. The van der Waals surface area contributed by atoms with Gasteiger partial charge in [0.25, 0.3) is 5.91 Å². The molecule has 0 bridgehead atoms. The van der Waals surface area contributed by atoms with E-state index < -0.39 is 0 Å². The number of hydrogen-bond donors (Lipinski definition) is 2. The van der Waals surface area contributed by atoms with Crippen molar-refractivity contribution < 1.29 is 9.21 Å². The Hall–Kier alpha value is -1.29. The highest BCUT2D eigenvalue weighted by Gasteiger charge is 2.25. The second-order valence-corrected chi connectivity index (χ2v) is 5.28. The highest BCUT2D eigenvalue weighted by atomic mass is 16.3. The van der Waals surface area contributed by atoms with Gasteiger partial charge >= 0.3 is 0 Å². The monoisotopic (exact) mass is 250 g/mol. The Morgan fingerprint density at radius 2 is 2.06 bits per heavy atom. The number of carbonyl (C=O) groups is 1. The summed E-state index contributed by atoms with van der Waals surface area (Å²) in [4.78, 5) is 12.2. The zero-order valence-corrected chi connectivity index (χ0v) is 11.4. The van der Waals surface area contributed by atoms with Crippen molar-refractivity contribution in [1.82, 2.24) is 5.32 Å². The molecule has 4 nitrogen and oxygen atoms in total.